The predicted octanol–water partition coefficient (Wildman–Crippen LogP) is 4.79. The molecule has 0 spiro atoms. The highest BCUT2D eigenvalue weighted by atomic mass is 35.5. The van der Waals surface area contributed by atoms with E-state index in [9.17, 15) is 23.6 Å². The number of piperidine rings is 1. The number of nitrogens with zero attached hydrogens (tertiary/aromatic N) is 1. The van der Waals surface area contributed by atoms with Gasteiger partial charge in [-0.3, -0.25) is 25.0 Å². The summed E-state index contributed by atoms with van der Waals surface area (Å²) in [5, 5.41) is 4.99. The largest absolute Gasteiger partial charge is 0.495 e. The summed E-state index contributed by atoms with van der Waals surface area (Å²) in [4.78, 5) is 50.9. The second-order valence-corrected chi connectivity index (χ2v) is 9.50. The van der Waals surface area contributed by atoms with E-state index < -0.39 is 29.8 Å². The van der Waals surface area contributed by atoms with Crippen LogP contribution in [0.3, 0.4) is 0 Å². The van der Waals surface area contributed by atoms with Crippen LogP contribution in [0.4, 0.5) is 14.9 Å². The van der Waals surface area contributed by atoms with Crippen molar-refractivity contribution >= 4 is 41.1 Å². The number of ether oxygens (including phenoxy) is 3. The van der Waals surface area contributed by atoms with Crippen molar-refractivity contribution in [3.05, 3.63) is 82.1 Å². The summed E-state index contributed by atoms with van der Waals surface area (Å²) in [5.41, 5.74) is 1.86. The van der Waals surface area contributed by atoms with Gasteiger partial charge in [-0.1, -0.05) is 23.7 Å². The molecule has 12 heteroatoms. The first-order chi connectivity index (χ1) is 19.2. The summed E-state index contributed by atoms with van der Waals surface area (Å²) >= 11 is 5.98. The first-order valence-corrected chi connectivity index (χ1v) is 12.6. The van der Waals surface area contributed by atoms with Gasteiger partial charge in [0.15, 0.2) is 0 Å². The highest BCUT2D eigenvalue weighted by Crippen LogP contribution is 2.36. The molecule has 1 unspecified atom stereocenters. The lowest BCUT2D eigenvalue weighted by molar-refractivity contribution is -0.136. The van der Waals surface area contributed by atoms with Crippen LogP contribution in [-0.4, -0.2) is 41.9 Å². The van der Waals surface area contributed by atoms with Gasteiger partial charge < -0.3 is 19.1 Å². The number of halogens is 2. The molecule has 0 bridgehead atoms. The van der Waals surface area contributed by atoms with Crippen molar-refractivity contribution in [2.75, 3.05) is 12.4 Å². The van der Waals surface area contributed by atoms with Crippen LogP contribution in [-0.2, 0) is 27.5 Å². The number of hydrogen-bond acceptors (Lipinski definition) is 7. The van der Waals surface area contributed by atoms with Gasteiger partial charge in [-0.2, -0.15) is 0 Å². The molecule has 2 N–H and O–H groups in total. The Balaban J connectivity index is 1.21. The molecule has 1 atom stereocenters. The van der Waals surface area contributed by atoms with Crippen molar-refractivity contribution in [3.63, 3.8) is 0 Å². The lowest BCUT2D eigenvalue weighted by Crippen LogP contribution is -2.52. The third-order valence-corrected chi connectivity index (χ3v) is 6.81. The summed E-state index contributed by atoms with van der Waals surface area (Å²) in [7, 11) is 1.41. The van der Waals surface area contributed by atoms with Gasteiger partial charge >= 0.3 is 6.09 Å². The summed E-state index contributed by atoms with van der Waals surface area (Å²) in [5.74, 6) is -0.775. The fourth-order valence-corrected chi connectivity index (χ4v) is 4.80. The molecule has 0 aliphatic carbocycles. The van der Waals surface area contributed by atoms with E-state index in [0.717, 1.165) is 6.07 Å². The van der Waals surface area contributed by atoms with Crippen molar-refractivity contribution in [3.8, 4) is 17.2 Å². The van der Waals surface area contributed by atoms with E-state index >= 15 is 0 Å². The quantitative estimate of drug-likeness (QED) is 0.393. The van der Waals surface area contributed by atoms with Crippen LogP contribution >= 0.6 is 11.6 Å². The van der Waals surface area contributed by atoms with Gasteiger partial charge in [0.1, 0.15) is 35.7 Å². The van der Waals surface area contributed by atoms with Gasteiger partial charge in [0.25, 0.3) is 5.91 Å². The second-order valence-electron chi connectivity index (χ2n) is 9.09. The number of rotatable bonds is 7. The molecule has 0 saturated carbocycles. The van der Waals surface area contributed by atoms with Gasteiger partial charge in [-0.15, -0.1) is 0 Å². The number of anilines is 1. The number of carbonyl (C=O) groups excluding carboxylic acids is 4. The lowest BCUT2D eigenvalue weighted by atomic mass is 10.0. The minimum atomic E-state index is -0.753. The van der Waals surface area contributed by atoms with Gasteiger partial charge in [0.2, 0.25) is 11.8 Å². The number of fused-ring (bicyclic) bond motifs is 1. The molecule has 206 valence electrons. The minimum Gasteiger partial charge on any atom is -0.495 e. The van der Waals surface area contributed by atoms with E-state index in [2.05, 4.69) is 10.6 Å². The van der Waals surface area contributed by atoms with Gasteiger partial charge in [0.05, 0.1) is 17.7 Å². The zero-order chi connectivity index (χ0) is 28.4. The monoisotopic (exact) mass is 567 g/mol. The Morgan fingerprint density at radius 1 is 1.12 bits per heavy atom. The molecule has 3 aromatic rings. The highest BCUT2D eigenvalue weighted by Gasteiger charge is 2.41. The first kappa shape index (κ1) is 26.9. The molecular weight excluding hydrogens is 545 g/mol. The molecule has 1 saturated heterocycles. The van der Waals surface area contributed by atoms with Crippen LogP contribution in [0.1, 0.15) is 34.3 Å². The Morgan fingerprint density at radius 3 is 2.60 bits per heavy atom. The van der Waals surface area contributed by atoms with Crippen LogP contribution in [0.2, 0.25) is 5.02 Å². The van der Waals surface area contributed by atoms with Crippen molar-refractivity contribution in [1.29, 1.82) is 0 Å². The average molecular weight is 568 g/mol. The summed E-state index contributed by atoms with van der Waals surface area (Å²) in [6.45, 7) is 0.0176. The molecule has 10 nitrogen and oxygen atoms in total. The van der Waals surface area contributed by atoms with Gasteiger partial charge in [0, 0.05) is 24.2 Å². The second kappa shape index (κ2) is 11.2. The highest BCUT2D eigenvalue weighted by molar-refractivity contribution is 6.32. The smallest absolute Gasteiger partial charge is 0.411 e. The van der Waals surface area contributed by atoms with Crippen LogP contribution in [0.5, 0.6) is 17.2 Å². The first-order valence-electron chi connectivity index (χ1n) is 12.2. The Hall–Kier alpha value is -4.64. The van der Waals surface area contributed by atoms with E-state index in [4.69, 9.17) is 25.8 Å². The zero-order valence-corrected chi connectivity index (χ0v) is 21.9. The third-order valence-electron chi connectivity index (χ3n) is 6.51. The Labute approximate surface area is 232 Å². The van der Waals surface area contributed by atoms with E-state index in [1.165, 1.54) is 24.1 Å². The van der Waals surface area contributed by atoms with E-state index in [1.54, 1.807) is 36.4 Å². The number of methoxy groups -OCH3 is 1. The molecule has 0 radical (unpaired) electrons. The number of nitrogens with one attached hydrogen (secondary N) is 2. The van der Waals surface area contributed by atoms with Crippen LogP contribution in [0.25, 0.3) is 0 Å². The predicted molar refractivity (Wildman–Crippen MR) is 141 cm³/mol. The number of amides is 4. The Kier molecular flexibility index (Phi) is 7.56. The molecule has 2 heterocycles. The fourth-order valence-electron chi connectivity index (χ4n) is 4.60. The van der Waals surface area contributed by atoms with Crippen LogP contribution in [0.15, 0.2) is 54.6 Å². The maximum Gasteiger partial charge on any atom is 0.411 e. The number of benzene rings is 3. The molecule has 2 aliphatic heterocycles. The van der Waals surface area contributed by atoms with Crippen molar-refractivity contribution < 1.29 is 37.8 Å². The topological polar surface area (TPSA) is 123 Å². The minimum absolute atomic E-state index is 0.123. The Morgan fingerprint density at radius 2 is 1.90 bits per heavy atom. The number of imide groups is 1. The maximum atomic E-state index is 13.2. The number of hydrogen-bond donors (Lipinski definition) is 2. The maximum absolute atomic E-state index is 13.2. The normalized spacial score (nSPS) is 16.3. The molecular formula is C28H23ClFN3O7. The average Bonchev–Trinajstić information content (AvgIpc) is 3.26. The molecule has 2 aliphatic rings. The molecule has 5 rings (SSSR count). The fraction of sp³-hybridized carbons (Fsp3) is 0.214. The van der Waals surface area contributed by atoms with Crippen LogP contribution in [0, 0.1) is 5.82 Å². The molecule has 0 aromatic heterocycles. The van der Waals surface area contributed by atoms with E-state index in [1.807, 2.05) is 0 Å². The molecule has 3 aromatic carbocycles. The third kappa shape index (κ3) is 5.55. The number of carbonyl (C=O) groups is 4. The van der Waals surface area contributed by atoms with Gasteiger partial charge in [-0.05, 0) is 54.4 Å². The SMILES string of the molecule is COc1c(COC(=O)Nc2ccc(Oc3ccc(F)cc3Cl)cc2)ccc2c1C(=O)N(C1CCC(=O)NC1=O)C2. The summed E-state index contributed by atoms with van der Waals surface area (Å²) in [6, 6.07) is 12.8. The Bertz CT molecular complexity index is 1510. The van der Waals surface area contributed by atoms with Crippen molar-refractivity contribution in [2.45, 2.75) is 32.0 Å². The zero-order valence-electron chi connectivity index (χ0n) is 21.2. The molecule has 40 heavy (non-hydrogen) atoms. The van der Waals surface area contributed by atoms with Crippen LogP contribution < -0.4 is 20.1 Å². The van der Waals surface area contributed by atoms with Crippen molar-refractivity contribution in [1.82, 2.24) is 10.2 Å². The molecule has 1 fully saturated rings. The van der Waals surface area contributed by atoms with E-state index in [0.29, 0.717) is 28.1 Å². The van der Waals surface area contributed by atoms with E-state index in [-0.39, 0.29) is 48.4 Å². The molecule has 4 amide bonds. The summed E-state index contributed by atoms with van der Waals surface area (Å²) in [6.07, 6.45) is -0.342. The lowest BCUT2D eigenvalue weighted by Gasteiger charge is -2.29. The standard InChI is InChI=1S/C28H23ClFN3O7/c1-38-25-16(3-2-15-13-33(27(36)24(15)25)21-9-11-23(34)32-26(21)35)14-39-28(37)31-18-5-7-19(8-6-18)40-22-10-4-17(30)12-20(22)29/h2-8,10,12,21H,9,11,13-14H2,1H3,(H,31,37)(H,32,34,35). The van der Waals surface area contributed by atoms with Gasteiger partial charge in [-0.25, -0.2) is 9.18 Å². The van der Waals surface area contributed by atoms with Crippen molar-refractivity contribution in [2.24, 2.45) is 0 Å². The summed E-state index contributed by atoms with van der Waals surface area (Å²) < 4.78 is 29.7.